The van der Waals surface area contributed by atoms with Crippen LogP contribution in [-0.2, 0) is 4.79 Å². The summed E-state index contributed by atoms with van der Waals surface area (Å²) in [5, 5.41) is 8.72. The Balaban J connectivity index is 3.16. The largest absolute Gasteiger partial charge is 0.481 e. The van der Waals surface area contributed by atoms with E-state index in [0.717, 1.165) is 32.1 Å². The lowest BCUT2D eigenvalue weighted by Gasteiger charge is -2.07. The summed E-state index contributed by atoms with van der Waals surface area (Å²) in [7, 11) is 0. The minimum Gasteiger partial charge on any atom is -0.481 e. The van der Waals surface area contributed by atoms with Crippen LogP contribution >= 0.6 is 12.6 Å². The highest BCUT2D eigenvalue weighted by Crippen LogP contribution is 2.13. The predicted octanol–water partition coefficient (Wildman–Crippen LogP) is 2.73. The molecular weight excluding hydrogens is 172 g/mol. The monoisotopic (exact) mass is 192 g/mol. The van der Waals surface area contributed by atoms with Gasteiger partial charge in [0.2, 0.25) is 0 Å². The predicted molar refractivity (Wildman–Crippen MR) is 53.8 cm³/mol. The first-order valence-corrected chi connectivity index (χ1v) is 4.87. The molecule has 3 heteroatoms. The normalized spacial score (nSPS) is 13.9. The Hall–Kier alpha value is -0.180. The molecule has 0 heterocycles. The van der Waals surface area contributed by atoms with Crippen LogP contribution in [0.15, 0.2) is 0 Å². The van der Waals surface area contributed by atoms with Gasteiger partial charge in [0.25, 0.3) is 0 Å². The molecule has 0 saturated carbocycles. The molecule has 0 radical (unpaired) electrons. The highest BCUT2D eigenvalue weighted by atomic mass is 32.1. The number of carbonyl (C=O) groups is 1. The van der Waals surface area contributed by atoms with Crippen LogP contribution in [0.4, 0.5) is 0 Å². The first-order valence-electron chi connectivity index (χ1n) is 5.06. The van der Waals surface area contributed by atoms with Gasteiger partial charge in [0, 0.05) is 13.0 Å². The zero-order chi connectivity index (χ0) is 10.1. The average molecular weight is 192 g/mol. The van der Waals surface area contributed by atoms with Crippen molar-refractivity contribution in [3.05, 3.63) is 0 Å². The van der Waals surface area contributed by atoms with E-state index in [9.17, 15) is 4.79 Å². The Morgan fingerprint density at radius 3 is 2.92 bits per heavy atom. The lowest BCUT2D eigenvalue weighted by Crippen LogP contribution is -1.99. The van der Waals surface area contributed by atoms with Crippen LogP contribution in [0.2, 0.25) is 0 Å². The number of aliphatic carboxylic acids is 1. The topological polar surface area (TPSA) is 37.3 Å². The molecule has 0 fully saturated rings. The summed E-state index contributed by atoms with van der Waals surface area (Å²) in [6.45, 7) is 0.464. The fraction of sp³-hybridized carbons (Fsp3) is 0.889. The van der Waals surface area contributed by atoms with E-state index in [1.165, 1.54) is 0 Å². The summed E-state index contributed by atoms with van der Waals surface area (Å²) in [5.41, 5.74) is 0. The second-order valence-corrected chi connectivity index (χ2v) is 3.67. The number of rotatable bonds is 7. The fourth-order valence-corrected chi connectivity index (χ4v) is 1.40. The van der Waals surface area contributed by atoms with Gasteiger partial charge in [0.15, 0.2) is 0 Å². The Bertz CT molecular complexity index is 142. The Labute approximate surface area is 81.2 Å². The maximum atomic E-state index is 10.2. The van der Waals surface area contributed by atoms with Crippen LogP contribution in [0.1, 0.15) is 46.8 Å². The van der Waals surface area contributed by atoms with Crippen molar-refractivity contribution in [2.24, 2.45) is 0 Å². The third-order valence-electron chi connectivity index (χ3n) is 1.72. The van der Waals surface area contributed by atoms with Gasteiger partial charge in [-0.05, 0) is 19.3 Å². The lowest BCUT2D eigenvalue weighted by molar-refractivity contribution is -0.137. The zero-order valence-corrected chi connectivity index (χ0v) is 8.22. The zero-order valence-electron chi connectivity index (χ0n) is 8.33. The Kier molecular flexibility index (Phi) is 6.16. The first-order chi connectivity index (χ1) is 6.16. The molecule has 0 aliphatic heterocycles. The molecule has 0 aromatic carbocycles. The van der Waals surface area contributed by atoms with Gasteiger partial charge in [0.1, 0.15) is 0 Å². The maximum Gasteiger partial charge on any atom is 0.303 e. The van der Waals surface area contributed by atoms with Gasteiger partial charge in [-0.1, -0.05) is 19.7 Å². The molecule has 72 valence electrons. The summed E-state index contributed by atoms with van der Waals surface area (Å²) in [6.07, 6.45) is 4.77. The first kappa shape index (κ1) is 9.90. The van der Waals surface area contributed by atoms with E-state index in [0.29, 0.717) is 12.1 Å². The van der Waals surface area contributed by atoms with Gasteiger partial charge in [-0.25, -0.2) is 0 Å². The van der Waals surface area contributed by atoms with Crippen molar-refractivity contribution in [1.29, 1.82) is 0 Å². The van der Waals surface area contributed by atoms with Crippen LogP contribution in [0.25, 0.3) is 0 Å². The number of hydrogen-bond acceptors (Lipinski definition) is 2. The van der Waals surface area contributed by atoms with E-state index in [4.69, 9.17) is 6.48 Å². The molecule has 1 atom stereocenters. The summed E-state index contributed by atoms with van der Waals surface area (Å²) in [4.78, 5) is 10.2. The van der Waals surface area contributed by atoms with Gasteiger partial charge in [-0.3, -0.25) is 4.79 Å². The van der Waals surface area contributed by atoms with Gasteiger partial charge in [-0.2, -0.15) is 12.6 Å². The standard InChI is InChI=1S/C9H18O2S/c1-2-5-8(12)6-3-4-7-9(10)11/h8,12H,2-7H2,1H3,(H,10,11)/i1T. The van der Waals surface area contributed by atoms with Crippen molar-refractivity contribution in [2.75, 3.05) is 0 Å². The summed E-state index contributed by atoms with van der Waals surface area (Å²) < 4.78 is 6.95. The van der Waals surface area contributed by atoms with Crippen LogP contribution in [-0.4, -0.2) is 16.3 Å². The van der Waals surface area contributed by atoms with E-state index in [1.807, 2.05) is 0 Å². The van der Waals surface area contributed by atoms with Crippen LogP contribution in [0.3, 0.4) is 0 Å². The van der Waals surface area contributed by atoms with Crippen molar-refractivity contribution >= 4 is 18.6 Å². The summed E-state index contributed by atoms with van der Waals surface area (Å²) >= 11 is 4.36. The molecule has 0 aliphatic rings. The molecule has 0 aliphatic carbocycles. The molecule has 12 heavy (non-hydrogen) atoms. The molecule has 0 bridgehead atoms. The van der Waals surface area contributed by atoms with Gasteiger partial charge >= 0.3 is 5.97 Å². The highest BCUT2D eigenvalue weighted by Gasteiger charge is 2.02. The van der Waals surface area contributed by atoms with E-state index < -0.39 is 5.97 Å². The van der Waals surface area contributed by atoms with E-state index in [-0.39, 0.29) is 6.42 Å². The number of thiol groups is 1. The van der Waals surface area contributed by atoms with Gasteiger partial charge < -0.3 is 5.11 Å². The molecule has 0 aromatic heterocycles. The summed E-state index contributed by atoms with van der Waals surface area (Å²) in [5.74, 6) is -0.720. The minimum absolute atomic E-state index is 0.263. The minimum atomic E-state index is -0.720. The van der Waals surface area contributed by atoms with Gasteiger partial charge in [0.05, 0.1) is 0 Å². The maximum absolute atomic E-state index is 10.2. The van der Waals surface area contributed by atoms with Crippen molar-refractivity contribution in [1.82, 2.24) is 0 Å². The second-order valence-electron chi connectivity index (χ2n) is 2.94. The van der Waals surface area contributed by atoms with Crippen LogP contribution < -0.4 is 0 Å². The van der Waals surface area contributed by atoms with Crippen molar-refractivity contribution in [2.45, 2.75) is 50.7 Å². The number of carboxylic acid groups (broad SMARTS) is 1. The van der Waals surface area contributed by atoms with Gasteiger partial charge in [-0.15, -0.1) is 0 Å². The number of hydrogen-bond donors (Lipinski definition) is 2. The van der Waals surface area contributed by atoms with E-state index >= 15 is 0 Å². The summed E-state index contributed by atoms with van der Waals surface area (Å²) in [6, 6.07) is 0. The smallest absolute Gasteiger partial charge is 0.303 e. The molecule has 0 amide bonds. The highest BCUT2D eigenvalue weighted by molar-refractivity contribution is 7.80. The fourth-order valence-electron chi connectivity index (χ4n) is 1.04. The van der Waals surface area contributed by atoms with E-state index in [2.05, 4.69) is 12.6 Å². The van der Waals surface area contributed by atoms with Crippen molar-refractivity contribution in [3.8, 4) is 0 Å². The molecular formula is C9H18O2S. The molecule has 0 spiro atoms. The molecule has 1 N–H and O–H groups in total. The van der Waals surface area contributed by atoms with Crippen molar-refractivity contribution in [3.63, 3.8) is 0 Å². The Morgan fingerprint density at radius 2 is 2.33 bits per heavy atom. The number of unbranched alkanes of at least 4 members (excludes halogenated alkanes) is 1. The SMILES string of the molecule is [3H]CCCC(S)CCCCC(=O)O. The molecule has 2 nitrogen and oxygen atoms in total. The Morgan fingerprint density at radius 1 is 1.58 bits per heavy atom. The van der Waals surface area contributed by atoms with Crippen molar-refractivity contribution < 1.29 is 11.3 Å². The lowest BCUT2D eigenvalue weighted by atomic mass is 10.1. The third kappa shape index (κ3) is 7.92. The molecule has 0 rings (SSSR count). The van der Waals surface area contributed by atoms with Crippen LogP contribution in [0, 0.1) is 0 Å². The van der Waals surface area contributed by atoms with E-state index in [1.54, 1.807) is 0 Å². The van der Waals surface area contributed by atoms with Crippen LogP contribution in [0.5, 0.6) is 0 Å². The quantitative estimate of drug-likeness (QED) is 0.481. The molecule has 0 aromatic rings. The third-order valence-corrected chi connectivity index (χ3v) is 2.23. The molecule has 1 unspecified atom stereocenters. The second kappa shape index (κ2) is 7.47. The average Bonchev–Trinajstić information content (AvgIpc) is 2.08. The molecule has 0 saturated heterocycles. The number of carboxylic acids is 1.